The van der Waals surface area contributed by atoms with E-state index in [4.69, 9.17) is 0 Å². The van der Waals surface area contributed by atoms with Crippen molar-refractivity contribution in [1.82, 2.24) is 4.31 Å². The minimum Gasteiger partial charge on any atom is -0.325 e. The molecule has 0 unspecified atom stereocenters. The van der Waals surface area contributed by atoms with E-state index in [2.05, 4.69) is 5.32 Å². The van der Waals surface area contributed by atoms with Gasteiger partial charge in [0.1, 0.15) is 0 Å². The molecule has 2 rings (SSSR count). The number of hydrogen-bond donors (Lipinski definition) is 1. The number of carbonyl (C=O) groups excluding carboxylic acids is 1. The Morgan fingerprint density at radius 2 is 1.89 bits per heavy atom. The van der Waals surface area contributed by atoms with Crippen LogP contribution in [-0.4, -0.2) is 37.5 Å². The van der Waals surface area contributed by atoms with Gasteiger partial charge in [0.05, 0.1) is 12.8 Å². The van der Waals surface area contributed by atoms with Crippen LogP contribution in [0.25, 0.3) is 0 Å². The summed E-state index contributed by atoms with van der Waals surface area (Å²) in [5.74, 6) is -0.304. The number of aryl methyl sites for hydroxylation is 1. The molecule has 1 aromatic rings. The molecule has 104 valence electrons. The standard InChI is InChI=1S/C13H18N2O3S/c1-10-3-5-11(6-4-10)14-13(16)9-15(12-7-8-12)19(2,17)18/h3-6,12H,7-9H2,1-2H3,(H,14,16). The van der Waals surface area contributed by atoms with Crippen LogP contribution in [0.4, 0.5) is 5.69 Å². The number of carbonyl (C=O) groups is 1. The molecule has 1 aliphatic carbocycles. The van der Waals surface area contributed by atoms with Crippen molar-refractivity contribution in [2.24, 2.45) is 0 Å². The fourth-order valence-corrected chi connectivity index (χ4v) is 2.96. The van der Waals surface area contributed by atoms with Gasteiger partial charge in [0.15, 0.2) is 0 Å². The van der Waals surface area contributed by atoms with E-state index in [0.717, 1.165) is 24.7 Å². The van der Waals surface area contributed by atoms with Crippen LogP contribution in [0.2, 0.25) is 0 Å². The molecule has 0 atom stereocenters. The van der Waals surface area contributed by atoms with Crippen molar-refractivity contribution in [1.29, 1.82) is 0 Å². The van der Waals surface area contributed by atoms with Crippen LogP contribution in [0.5, 0.6) is 0 Å². The molecular weight excluding hydrogens is 264 g/mol. The fraction of sp³-hybridized carbons (Fsp3) is 0.462. The Balaban J connectivity index is 1.98. The Hall–Kier alpha value is -1.40. The van der Waals surface area contributed by atoms with Crippen molar-refractivity contribution >= 4 is 21.6 Å². The van der Waals surface area contributed by atoms with E-state index in [1.807, 2.05) is 19.1 Å². The van der Waals surface area contributed by atoms with Crippen LogP contribution in [0, 0.1) is 6.92 Å². The van der Waals surface area contributed by atoms with Crippen molar-refractivity contribution < 1.29 is 13.2 Å². The zero-order valence-electron chi connectivity index (χ0n) is 11.1. The van der Waals surface area contributed by atoms with E-state index in [1.165, 1.54) is 4.31 Å². The maximum atomic E-state index is 11.9. The second-order valence-electron chi connectivity index (χ2n) is 4.95. The summed E-state index contributed by atoms with van der Waals surface area (Å²) in [5.41, 5.74) is 1.79. The summed E-state index contributed by atoms with van der Waals surface area (Å²) in [6.07, 6.45) is 2.82. The lowest BCUT2D eigenvalue weighted by atomic mass is 10.2. The summed E-state index contributed by atoms with van der Waals surface area (Å²) >= 11 is 0. The number of nitrogens with one attached hydrogen (secondary N) is 1. The first kappa shape index (κ1) is 14.0. The summed E-state index contributed by atoms with van der Waals surface area (Å²) in [6.45, 7) is 1.85. The summed E-state index contributed by atoms with van der Waals surface area (Å²) < 4.78 is 24.5. The molecule has 1 aliphatic rings. The third-order valence-electron chi connectivity index (χ3n) is 3.01. The Morgan fingerprint density at radius 3 is 2.37 bits per heavy atom. The molecule has 6 heteroatoms. The number of anilines is 1. The molecule has 1 saturated carbocycles. The zero-order chi connectivity index (χ0) is 14.0. The lowest BCUT2D eigenvalue weighted by Gasteiger charge is -2.18. The van der Waals surface area contributed by atoms with Gasteiger partial charge in [0.2, 0.25) is 15.9 Å². The highest BCUT2D eigenvalue weighted by atomic mass is 32.2. The van der Waals surface area contributed by atoms with Gasteiger partial charge in [-0.05, 0) is 31.9 Å². The molecule has 0 heterocycles. The Labute approximate surface area is 113 Å². The number of rotatable bonds is 5. The first-order valence-electron chi connectivity index (χ1n) is 6.19. The number of amides is 1. The molecular formula is C13H18N2O3S. The SMILES string of the molecule is Cc1ccc(NC(=O)CN(C2CC2)S(C)(=O)=O)cc1. The predicted octanol–water partition coefficient (Wildman–Crippen LogP) is 1.36. The normalized spacial score (nSPS) is 15.5. The molecule has 5 nitrogen and oxygen atoms in total. The van der Waals surface area contributed by atoms with Gasteiger partial charge in [-0.1, -0.05) is 17.7 Å². The number of sulfonamides is 1. The average molecular weight is 282 g/mol. The van der Waals surface area contributed by atoms with Crippen molar-refractivity contribution in [3.05, 3.63) is 29.8 Å². The van der Waals surface area contributed by atoms with Crippen molar-refractivity contribution in [2.45, 2.75) is 25.8 Å². The summed E-state index contributed by atoms with van der Waals surface area (Å²) in [4.78, 5) is 11.9. The Kier molecular flexibility index (Phi) is 3.91. The van der Waals surface area contributed by atoms with E-state index in [9.17, 15) is 13.2 Å². The molecule has 0 spiro atoms. The van der Waals surface area contributed by atoms with Gasteiger partial charge >= 0.3 is 0 Å². The van der Waals surface area contributed by atoms with Crippen molar-refractivity contribution in [3.63, 3.8) is 0 Å². The highest BCUT2D eigenvalue weighted by Crippen LogP contribution is 2.28. The van der Waals surface area contributed by atoms with Gasteiger partial charge in [0.25, 0.3) is 0 Å². The lowest BCUT2D eigenvalue weighted by molar-refractivity contribution is -0.116. The van der Waals surface area contributed by atoms with Crippen LogP contribution in [0.1, 0.15) is 18.4 Å². The second-order valence-corrected chi connectivity index (χ2v) is 6.89. The number of hydrogen-bond acceptors (Lipinski definition) is 3. The van der Waals surface area contributed by atoms with Crippen LogP contribution >= 0.6 is 0 Å². The highest BCUT2D eigenvalue weighted by Gasteiger charge is 2.36. The van der Waals surface area contributed by atoms with Crippen LogP contribution in [0.3, 0.4) is 0 Å². The number of benzene rings is 1. The van der Waals surface area contributed by atoms with Gasteiger partial charge in [-0.25, -0.2) is 8.42 Å². The Morgan fingerprint density at radius 1 is 1.32 bits per heavy atom. The summed E-state index contributed by atoms with van der Waals surface area (Å²) in [7, 11) is -3.32. The quantitative estimate of drug-likeness (QED) is 0.886. The molecule has 0 aliphatic heterocycles. The summed E-state index contributed by atoms with van der Waals surface area (Å²) in [6, 6.07) is 7.39. The van der Waals surface area contributed by atoms with Gasteiger partial charge in [0, 0.05) is 11.7 Å². The topological polar surface area (TPSA) is 66.5 Å². The smallest absolute Gasteiger partial charge is 0.239 e. The van der Waals surface area contributed by atoms with E-state index in [1.54, 1.807) is 12.1 Å². The van der Waals surface area contributed by atoms with E-state index in [0.29, 0.717) is 5.69 Å². The monoisotopic (exact) mass is 282 g/mol. The zero-order valence-corrected chi connectivity index (χ0v) is 11.9. The van der Waals surface area contributed by atoms with Gasteiger partial charge in [-0.3, -0.25) is 4.79 Å². The predicted molar refractivity (Wildman–Crippen MR) is 74.4 cm³/mol. The van der Waals surface area contributed by atoms with E-state index in [-0.39, 0.29) is 18.5 Å². The maximum absolute atomic E-state index is 11.9. The first-order valence-corrected chi connectivity index (χ1v) is 8.04. The molecule has 1 N–H and O–H groups in total. The largest absolute Gasteiger partial charge is 0.325 e. The third-order valence-corrected chi connectivity index (χ3v) is 4.29. The van der Waals surface area contributed by atoms with E-state index < -0.39 is 10.0 Å². The van der Waals surface area contributed by atoms with Gasteiger partial charge in [-0.15, -0.1) is 0 Å². The van der Waals surface area contributed by atoms with Crippen molar-refractivity contribution in [3.8, 4) is 0 Å². The van der Waals surface area contributed by atoms with Crippen LogP contribution in [0.15, 0.2) is 24.3 Å². The molecule has 19 heavy (non-hydrogen) atoms. The molecule has 0 saturated heterocycles. The minimum atomic E-state index is -3.32. The highest BCUT2D eigenvalue weighted by molar-refractivity contribution is 7.88. The number of nitrogens with zero attached hydrogens (tertiary/aromatic N) is 1. The van der Waals surface area contributed by atoms with Crippen LogP contribution in [-0.2, 0) is 14.8 Å². The molecule has 1 fully saturated rings. The molecule has 0 radical (unpaired) electrons. The first-order chi connectivity index (χ1) is 8.86. The third kappa shape index (κ3) is 4.04. The fourth-order valence-electron chi connectivity index (χ4n) is 1.86. The van der Waals surface area contributed by atoms with Gasteiger partial charge < -0.3 is 5.32 Å². The molecule has 1 amide bonds. The van der Waals surface area contributed by atoms with Gasteiger partial charge in [-0.2, -0.15) is 4.31 Å². The molecule has 1 aromatic carbocycles. The lowest BCUT2D eigenvalue weighted by Crippen LogP contribution is -2.38. The molecule has 0 bridgehead atoms. The van der Waals surface area contributed by atoms with Crippen molar-refractivity contribution in [2.75, 3.05) is 18.1 Å². The maximum Gasteiger partial charge on any atom is 0.239 e. The minimum absolute atomic E-state index is 0.00114. The van der Waals surface area contributed by atoms with Crippen LogP contribution < -0.4 is 5.32 Å². The average Bonchev–Trinajstić information content (AvgIpc) is 3.11. The second kappa shape index (κ2) is 5.30. The summed E-state index contributed by atoms with van der Waals surface area (Å²) in [5, 5.41) is 2.71. The van der Waals surface area contributed by atoms with E-state index >= 15 is 0 Å². The Bertz CT molecular complexity index is 562. The molecule has 0 aromatic heterocycles.